The van der Waals surface area contributed by atoms with E-state index in [1.54, 1.807) is 19.1 Å². The summed E-state index contributed by atoms with van der Waals surface area (Å²) in [5, 5.41) is 0. The maximum absolute atomic E-state index is 13.2. The molecule has 0 saturated carbocycles. The Balaban J connectivity index is 2.03. The molecule has 19 heavy (non-hydrogen) atoms. The molecule has 1 fully saturated rings. The number of benzene rings is 1. The lowest BCUT2D eigenvalue weighted by molar-refractivity contribution is 0.0691. The summed E-state index contributed by atoms with van der Waals surface area (Å²) in [6.07, 6.45) is 2.05. The number of amides is 1. The van der Waals surface area contributed by atoms with Gasteiger partial charge in [0.25, 0.3) is 5.91 Å². The fraction of sp³-hybridized carbons (Fsp3) is 0.533. The molecule has 1 unspecified atom stereocenters. The van der Waals surface area contributed by atoms with Gasteiger partial charge in [0, 0.05) is 23.5 Å². The average Bonchev–Trinajstić information content (AvgIpc) is 2.41. The number of likely N-dealkylation sites (tertiary alicyclic amines) is 1. The van der Waals surface area contributed by atoms with Crippen LogP contribution in [0.4, 0.5) is 4.39 Å². The number of rotatable bonds is 2. The second-order valence-corrected chi connectivity index (χ2v) is 6.72. The zero-order chi connectivity index (χ0) is 14.0. The van der Waals surface area contributed by atoms with Crippen molar-refractivity contribution < 1.29 is 9.18 Å². The zero-order valence-electron chi connectivity index (χ0n) is 11.3. The molecule has 1 aromatic rings. The molecule has 4 heteroatoms. The van der Waals surface area contributed by atoms with E-state index in [9.17, 15) is 9.18 Å². The fourth-order valence-electron chi connectivity index (χ4n) is 2.52. The number of halogens is 2. The molecular formula is C15H19BrFNO. The Kier molecular flexibility index (Phi) is 4.61. The van der Waals surface area contributed by atoms with Gasteiger partial charge < -0.3 is 4.90 Å². The first-order valence-electron chi connectivity index (χ1n) is 6.68. The highest BCUT2D eigenvalue weighted by Gasteiger charge is 2.25. The Morgan fingerprint density at radius 1 is 1.42 bits per heavy atom. The number of hydrogen-bond donors (Lipinski definition) is 0. The van der Waals surface area contributed by atoms with Crippen molar-refractivity contribution in [3.8, 4) is 0 Å². The summed E-state index contributed by atoms with van der Waals surface area (Å²) in [4.78, 5) is 14.7. The molecule has 1 aliphatic heterocycles. The Hall–Kier alpha value is -0.900. The van der Waals surface area contributed by atoms with Crippen LogP contribution in [-0.2, 0) is 0 Å². The topological polar surface area (TPSA) is 20.3 Å². The maximum atomic E-state index is 13.2. The minimum absolute atomic E-state index is 0.0174. The molecule has 104 valence electrons. The first-order valence-corrected chi connectivity index (χ1v) is 7.60. The van der Waals surface area contributed by atoms with Crippen molar-refractivity contribution in [3.05, 3.63) is 35.1 Å². The van der Waals surface area contributed by atoms with Gasteiger partial charge in [-0.3, -0.25) is 4.79 Å². The first-order chi connectivity index (χ1) is 8.99. The zero-order valence-corrected chi connectivity index (χ0v) is 12.9. The second-order valence-electron chi connectivity index (χ2n) is 5.27. The van der Waals surface area contributed by atoms with E-state index in [4.69, 9.17) is 0 Å². The van der Waals surface area contributed by atoms with Gasteiger partial charge in [-0.15, -0.1) is 0 Å². The van der Waals surface area contributed by atoms with Gasteiger partial charge in [-0.25, -0.2) is 4.39 Å². The molecule has 0 N–H and O–H groups in total. The van der Waals surface area contributed by atoms with Gasteiger partial charge in [0.2, 0.25) is 0 Å². The van der Waals surface area contributed by atoms with E-state index >= 15 is 0 Å². The summed E-state index contributed by atoms with van der Waals surface area (Å²) in [6.45, 7) is 5.42. The average molecular weight is 328 g/mol. The van der Waals surface area contributed by atoms with Crippen LogP contribution < -0.4 is 0 Å². The van der Waals surface area contributed by atoms with Gasteiger partial charge in [-0.1, -0.05) is 22.9 Å². The van der Waals surface area contributed by atoms with Crippen LogP contribution in [0, 0.1) is 18.7 Å². The number of hydrogen-bond acceptors (Lipinski definition) is 1. The summed E-state index contributed by atoms with van der Waals surface area (Å²) in [6, 6.07) is 4.58. The van der Waals surface area contributed by atoms with Gasteiger partial charge in [0.05, 0.1) is 0 Å². The highest BCUT2D eigenvalue weighted by atomic mass is 79.9. The van der Waals surface area contributed by atoms with E-state index in [-0.39, 0.29) is 11.7 Å². The van der Waals surface area contributed by atoms with Crippen molar-refractivity contribution in [1.82, 2.24) is 4.90 Å². The Morgan fingerprint density at radius 3 is 2.58 bits per heavy atom. The minimum Gasteiger partial charge on any atom is -0.339 e. The maximum Gasteiger partial charge on any atom is 0.253 e. The van der Waals surface area contributed by atoms with Crippen LogP contribution in [0.15, 0.2) is 18.2 Å². The SMILES string of the molecule is Cc1cc(C(=O)N2CCC(C(C)Br)CC2)ccc1F. The van der Waals surface area contributed by atoms with Crippen LogP contribution in [0.1, 0.15) is 35.7 Å². The van der Waals surface area contributed by atoms with Crippen molar-refractivity contribution in [2.24, 2.45) is 5.92 Å². The minimum atomic E-state index is -0.261. The van der Waals surface area contributed by atoms with Crippen LogP contribution in [0.5, 0.6) is 0 Å². The van der Waals surface area contributed by atoms with Crippen LogP contribution in [-0.4, -0.2) is 28.7 Å². The molecule has 0 aromatic heterocycles. The molecule has 2 nitrogen and oxygen atoms in total. The molecule has 0 radical (unpaired) electrons. The Bertz CT molecular complexity index is 467. The van der Waals surface area contributed by atoms with Crippen LogP contribution in [0.2, 0.25) is 0 Å². The van der Waals surface area contributed by atoms with Crippen LogP contribution >= 0.6 is 15.9 Å². The van der Waals surface area contributed by atoms with Crippen molar-refractivity contribution in [3.63, 3.8) is 0 Å². The highest BCUT2D eigenvalue weighted by Crippen LogP contribution is 2.26. The smallest absolute Gasteiger partial charge is 0.253 e. The Morgan fingerprint density at radius 2 is 2.05 bits per heavy atom. The predicted molar refractivity (Wildman–Crippen MR) is 78.2 cm³/mol. The molecule has 1 aliphatic rings. The van der Waals surface area contributed by atoms with Gasteiger partial charge in [0.15, 0.2) is 0 Å². The predicted octanol–water partition coefficient (Wildman–Crippen LogP) is 3.77. The van der Waals surface area contributed by atoms with E-state index < -0.39 is 0 Å². The number of piperidine rings is 1. The summed E-state index contributed by atoms with van der Waals surface area (Å²) < 4.78 is 13.2. The van der Waals surface area contributed by atoms with E-state index in [0.29, 0.717) is 21.9 Å². The third-order valence-electron chi connectivity index (χ3n) is 3.88. The molecule has 0 aliphatic carbocycles. The number of carbonyl (C=O) groups is 1. The molecule has 1 saturated heterocycles. The van der Waals surface area contributed by atoms with E-state index in [0.717, 1.165) is 25.9 Å². The van der Waals surface area contributed by atoms with Gasteiger partial charge >= 0.3 is 0 Å². The lowest BCUT2D eigenvalue weighted by atomic mass is 9.94. The summed E-state index contributed by atoms with van der Waals surface area (Å²) in [7, 11) is 0. The molecule has 1 atom stereocenters. The molecule has 1 aromatic carbocycles. The lowest BCUT2D eigenvalue weighted by Gasteiger charge is -2.33. The molecule has 1 heterocycles. The van der Waals surface area contributed by atoms with Crippen LogP contribution in [0.25, 0.3) is 0 Å². The largest absolute Gasteiger partial charge is 0.339 e. The molecule has 2 rings (SSSR count). The molecule has 1 amide bonds. The van der Waals surface area contributed by atoms with Crippen molar-refractivity contribution in [1.29, 1.82) is 0 Å². The molecule has 0 spiro atoms. The van der Waals surface area contributed by atoms with Crippen molar-refractivity contribution in [2.45, 2.75) is 31.5 Å². The van der Waals surface area contributed by atoms with Crippen LogP contribution in [0.3, 0.4) is 0 Å². The molecular weight excluding hydrogens is 309 g/mol. The quantitative estimate of drug-likeness (QED) is 0.757. The van der Waals surface area contributed by atoms with Gasteiger partial charge in [-0.05, 0) is 49.4 Å². The van der Waals surface area contributed by atoms with Crippen molar-refractivity contribution >= 4 is 21.8 Å². The Labute approximate surface area is 122 Å². The first kappa shape index (κ1) is 14.5. The van der Waals surface area contributed by atoms with Gasteiger partial charge in [0.1, 0.15) is 5.82 Å². The van der Waals surface area contributed by atoms with Gasteiger partial charge in [-0.2, -0.15) is 0 Å². The third kappa shape index (κ3) is 3.35. The normalized spacial score (nSPS) is 18.4. The summed E-state index contributed by atoms with van der Waals surface area (Å²) in [5.41, 5.74) is 1.11. The number of alkyl halides is 1. The van der Waals surface area contributed by atoms with Crippen molar-refractivity contribution in [2.75, 3.05) is 13.1 Å². The standard InChI is InChI=1S/C15H19BrFNO/c1-10-9-13(3-4-14(10)17)15(19)18-7-5-12(6-8-18)11(2)16/h3-4,9,11-12H,5-8H2,1-2H3. The number of aryl methyl sites for hydroxylation is 1. The van der Waals surface area contributed by atoms with E-state index in [2.05, 4.69) is 22.9 Å². The fourth-order valence-corrected chi connectivity index (χ4v) is 3.05. The summed E-state index contributed by atoms with van der Waals surface area (Å²) >= 11 is 3.61. The monoisotopic (exact) mass is 327 g/mol. The third-order valence-corrected chi connectivity index (χ3v) is 4.63. The number of nitrogens with zero attached hydrogens (tertiary/aromatic N) is 1. The van der Waals surface area contributed by atoms with E-state index in [1.807, 2.05) is 4.90 Å². The second kappa shape index (κ2) is 6.04. The number of carbonyl (C=O) groups excluding carboxylic acids is 1. The molecule has 0 bridgehead atoms. The summed E-state index contributed by atoms with van der Waals surface area (Å²) in [5.74, 6) is 0.395. The lowest BCUT2D eigenvalue weighted by Crippen LogP contribution is -2.40. The van der Waals surface area contributed by atoms with E-state index in [1.165, 1.54) is 6.07 Å². The highest BCUT2D eigenvalue weighted by molar-refractivity contribution is 9.09.